The molecule has 4 fully saturated rings. The predicted octanol–water partition coefficient (Wildman–Crippen LogP) is 5.38. The fourth-order valence-electron chi connectivity index (χ4n) is 7.68. The van der Waals surface area contributed by atoms with Gasteiger partial charge in [-0.15, -0.1) is 0 Å². The molecule has 3 aromatic carbocycles. The minimum atomic E-state index is -1.19. The summed E-state index contributed by atoms with van der Waals surface area (Å²) >= 11 is 13.4. The van der Waals surface area contributed by atoms with Gasteiger partial charge in [0, 0.05) is 48.6 Å². The highest BCUT2D eigenvalue weighted by Gasteiger charge is 2.40. The number of ether oxygens (including phenoxy) is 3. The lowest BCUT2D eigenvalue weighted by Gasteiger charge is -2.43. The number of piperazine rings is 1. The number of aromatic carboxylic acids is 1. The van der Waals surface area contributed by atoms with E-state index in [1.165, 1.54) is 4.90 Å². The number of morpholine rings is 1. The molecule has 3 aromatic rings. The summed E-state index contributed by atoms with van der Waals surface area (Å²) in [5.41, 5.74) is 2.88. The maximum Gasteiger partial charge on any atom is 0.337 e. The molecule has 48 heavy (non-hydrogen) atoms. The number of para-hydroxylation sites is 1. The molecule has 2 bridgehead atoms. The second-order valence-corrected chi connectivity index (χ2v) is 13.9. The molecule has 1 amide bonds. The van der Waals surface area contributed by atoms with Crippen LogP contribution in [-0.2, 0) is 16.0 Å². The lowest BCUT2D eigenvalue weighted by molar-refractivity contribution is -0.0660. The number of benzene rings is 3. The minimum Gasteiger partial charge on any atom is -0.478 e. The minimum absolute atomic E-state index is 0.0334. The molecular weight excluding hydrogens is 662 g/mol. The van der Waals surface area contributed by atoms with Crippen LogP contribution in [0.4, 0.5) is 15.8 Å². The zero-order valence-corrected chi connectivity index (χ0v) is 27.7. The molecular formula is C35H35Cl2FN4O6. The van der Waals surface area contributed by atoms with Crippen molar-refractivity contribution in [3.05, 3.63) is 75.0 Å². The molecule has 0 aromatic heterocycles. The Balaban J connectivity index is 1.04. The van der Waals surface area contributed by atoms with Gasteiger partial charge < -0.3 is 34.0 Å². The molecule has 1 N–H and O–H groups in total. The number of anilines is 2. The Hall–Kier alpha value is -3.61. The van der Waals surface area contributed by atoms with Crippen molar-refractivity contribution in [2.24, 2.45) is 0 Å². The summed E-state index contributed by atoms with van der Waals surface area (Å²) in [5.74, 6) is -1.78. The molecule has 0 aliphatic carbocycles. The first kappa shape index (κ1) is 31.6. The molecule has 0 radical (unpaired) electrons. The van der Waals surface area contributed by atoms with E-state index in [0.717, 1.165) is 64.0 Å². The molecule has 5 heterocycles. The molecule has 8 rings (SSSR count). The quantitative estimate of drug-likeness (QED) is 0.365. The predicted molar refractivity (Wildman–Crippen MR) is 179 cm³/mol. The number of carbonyl (C=O) groups is 2. The van der Waals surface area contributed by atoms with Gasteiger partial charge in [0.05, 0.1) is 78.0 Å². The van der Waals surface area contributed by atoms with E-state index in [2.05, 4.69) is 14.7 Å². The van der Waals surface area contributed by atoms with Crippen molar-refractivity contribution < 1.29 is 33.3 Å². The van der Waals surface area contributed by atoms with Crippen LogP contribution in [0.1, 0.15) is 39.1 Å². The molecule has 10 nitrogen and oxygen atoms in total. The number of carboxylic acid groups (broad SMARTS) is 1. The maximum absolute atomic E-state index is 15.7. The van der Waals surface area contributed by atoms with Crippen molar-refractivity contribution in [2.45, 2.75) is 37.5 Å². The molecule has 252 valence electrons. The van der Waals surface area contributed by atoms with Crippen LogP contribution in [0, 0.1) is 5.82 Å². The van der Waals surface area contributed by atoms with Crippen molar-refractivity contribution >= 4 is 46.5 Å². The maximum atomic E-state index is 15.7. The molecule has 5 aliphatic heterocycles. The first-order valence-electron chi connectivity index (χ1n) is 16.3. The van der Waals surface area contributed by atoms with Crippen molar-refractivity contribution in [1.82, 2.24) is 9.80 Å². The number of hydrogen-bond acceptors (Lipinski definition) is 8. The van der Waals surface area contributed by atoms with Crippen molar-refractivity contribution in [2.75, 3.05) is 69.1 Å². The lowest BCUT2D eigenvalue weighted by atomic mass is 9.96. The van der Waals surface area contributed by atoms with Crippen LogP contribution < -0.4 is 14.5 Å². The molecule has 0 spiro atoms. The normalized spacial score (nSPS) is 22.7. The van der Waals surface area contributed by atoms with Crippen LogP contribution in [0.25, 0.3) is 11.1 Å². The van der Waals surface area contributed by atoms with Gasteiger partial charge in [-0.3, -0.25) is 9.69 Å². The van der Waals surface area contributed by atoms with Gasteiger partial charge in [0.25, 0.3) is 5.91 Å². The molecule has 0 saturated carbocycles. The zero-order chi connectivity index (χ0) is 33.1. The third-order valence-electron chi connectivity index (χ3n) is 10.3. The molecule has 13 heteroatoms. The third kappa shape index (κ3) is 5.55. The number of amides is 1. The Labute approximate surface area is 287 Å². The molecule has 4 saturated heterocycles. The van der Waals surface area contributed by atoms with Crippen LogP contribution in [0.2, 0.25) is 10.0 Å². The van der Waals surface area contributed by atoms with Crippen LogP contribution >= 0.6 is 23.2 Å². The van der Waals surface area contributed by atoms with Crippen LogP contribution in [0.15, 0.2) is 42.5 Å². The van der Waals surface area contributed by atoms with Gasteiger partial charge in [-0.1, -0.05) is 41.4 Å². The van der Waals surface area contributed by atoms with E-state index in [0.29, 0.717) is 41.8 Å². The topological polar surface area (TPSA) is 95.0 Å². The van der Waals surface area contributed by atoms with E-state index in [1.807, 2.05) is 6.07 Å². The Morgan fingerprint density at radius 1 is 0.854 bits per heavy atom. The van der Waals surface area contributed by atoms with Gasteiger partial charge in [0.15, 0.2) is 6.73 Å². The first-order chi connectivity index (χ1) is 23.3. The molecule has 2 unspecified atom stereocenters. The number of halogens is 3. The SMILES string of the molecule is O=C(O)c1cc(F)c(-c2cccc3c2OCN(C(=O)c2c(Cl)cc(N4CCN(C5COC5)CC4)cc2Cl)C3)cc1N1C2CCC1COC2. The number of carboxylic acids is 1. The van der Waals surface area contributed by atoms with Crippen molar-refractivity contribution in [1.29, 1.82) is 0 Å². The standard InChI is InChI=1S/C35H35Cl2FN4O6/c36-28-10-23(39-6-8-40(9-7-39)24-17-47-18-24)11-29(37)32(28)34(43)41-14-20-2-1-3-25(33(20)48-19-41)26-13-31(27(35(44)45)12-30(26)38)42-21-4-5-22(42)16-46-15-21/h1-3,10-13,21-22,24H,4-9,14-19H2,(H,44,45). The van der Waals surface area contributed by atoms with E-state index in [1.54, 1.807) is 30.3 Å². The van der Waals surface area contributed by atoms with Gasteiger partial charge in [0.1, 0.15) is 11.6 Å². The summed E-state index contributed by atoms with van der Waals surface area (Å²) in [5, 5.41) is 10.5. The largest absolute Gasteiger partial charge is 0.478 e. The second-order valence-electron chi connectivity index (χ2n) is 13.1. The van der Waals surface area contributed by atoms with E-state index in [4.69, 9.17) is 37.4 Å². The van der Waals surface area contributed by atoms with E-state index in [9.17, 15) is 14.7 Å². The van der Waals surface area contributed by atoms with E-state index >= 15 is 4.39 Å². The average molecular weight is 698 g/mol. The summed E-state index contributed by atoms with van der Waals surface area (Å²) in [6.07, 6.45) is 1.77. The van der Waals surface area contributed by atoms with Gasteiger partial charge in [-0.2, -0.15) is 0 Å². The highest BCUT2D eigenvalue weighted by atomic mass is 35.5. The Bertz CT molecular complexity index is 1740. The fraction of sp³-hybridized carbons (Fsp3) is 0.429. The zero-order valence-electron chi connectivity index (χ0n) is 26.2. The monoisotopic (exact) mass is 696 g/mol. The van der Waals surface area contributed by atoms with Gasteiger partial charge >= 0.3 is 5.97 Å². The van der Waals surface area contributed by atoms with E-state index in [-0.39, 0.29) is 58.0 Å². The second kappa shape index (κ2) is 12.7. The lowest BCUT2D eigenvalue weighted by Crippen LogP contribution is -2.56. The number of fused-ring (bicyclic) bond motifs is 3. The Morgan fingerprint density at radius 3 is 2.17 bits per heavy atom. The smallest absolute Gasteiger partial charge is 0.337 e. The van der Waals surface area contributed by atoms with Gasteiger partial charge in [0.2, 0.25) is 0 Å². The highest BCUT2D eigenvalue weighted by molar-refractivity contribution is 6.40. The van der Waals surface area contributed by atoms with Crippen molar-refractivity contribution in [3.63, 3.8) is 0 Å². The Morgan fingerprint density at radius 2 is 1.52 bits per heavy atom. The Kier molecular flexibility index (Phi) is 8.36. The van der Waals surface area contributed by atoms with Crippen LogP contribution in [-0.4, -0.2) is 104 Å². The van der Waals surface area contributed by atoms with Crippen LogP contribution in [0.5, 0.6) is 5.75 Å². The third-order valence-corrected chi connectivity index (χ3v) is 10.9. The molecule has 2 atom stereocenters. The average Bonchev–Trinajstić information content (AvgIpc) is 3.30. The van der Waals surface area contributed by atoms with Gasteiger partial charge in [-0.25, -0.2) is 9.18 Å². The van der Waals surface area contributed by atoms with Crippen molar-refractivity contribution in [3.8, 4) is 16.9 Å². The summed E-state index contributed by atoms with van der Waals surface area (Å²) in [7, 11) is 0. The van der Waals surface area contributed by atoms with E-state index < -0.39 is 11.8 Å². The number of carbonyl (C=O) groups excluding carboxylic acids is 1. The van der Waals surface area contributed by atoms with Crippen LogP contribution in [0.3, 0.4) is 0 Å². The highest BCUT2D eigenvalue weighted by Crippen LogP contribution is 2.43. The summed E-state index contributed by atoms with van der Waals surface area (Å²) in [4.78, 5) is 34.3. The number of hydrogen-bond donors (Lipinski definition) is 1. The van der Waals surface area contributed by atoms with Gasteiger partial charge in [-0.05, 0) is 37.1 Å². The number of nitrogens with zero attached hydrogens (tertiary/aromatic N) is 4. The fourth-order valence-corrected chi connectivity index (χ4v) is 8.31. The first-order valence-corrected chi connectivity index (χ1v) is 17.1. The summed E-state index contributed by atoms with van der Waals surface area (Å²) < 4.78 is 32.9. The molecule has 5 aliphatic rings. The summed E-state index contributed by atoms with van der Waals surface area (Å²) in [6, 6.07) is 12.2. The number of rotatable bonds is 6. The summed E-state index contributed by atoms with van der Waals surface area (Å²) in [6.45, 7) is 6.15.